The largest absolute Gasteiger partial charge is 0.416 e. The highest BCUT2D eigenvalue weighted by atomic mass is 32.2. The minimum absolute atomic E-state index is 0.108. The fourth-order valence-corrected chi connectivity index (χ4v) is 6.63. The Morgan fingerprint density at radius 3 is 2.39 bits per heavy atom. The van der Waals surface area contributed by atoms with Gasteiger partial charge in [0.15, 0.2) is 0 Å². The first-order valence-corrected chi connectivity index (χ1v) is 10.9. The van der Waals surface area contributed by atoms with Gasteiger partial charge in [0.05, 0.1) is 22.2 Å². The number of fused-ring (bicyclic) bond motifs is 2. The van der Waals surface area contributed by atoms with E-state index in [9.17, 15) is 27.6 Å². The summed E-state index contributed by atoms with van der Waals surface area (Å²) in [6.45, 7) is 0. The molecule has 2 aromatic carbocycles. The molecule has 0 bridgehead atoms. The van der Waals surface area contributed by atoms with Crippen molar-refractivity contribution in [3.63, 3.8) is 0 Å². The fraction of sp³-hybridized carbons (Fsp3) is 0.190. The van der Waals surface area contributed by atoms with E-state index in [0.29, 0.717) is 9.90 Å². The molecule has 2 aliphatic rings. The number of thiazole rings is 1. The number of aromatic nitrogens is 1. The van der Waals surface area contributed by atoms with Gasteiger partial charge in [-0.2, -0.15) is 13.2 Å². The van der Waals surface area contributed by atoms with E-state index in [1.54, 1.807) is 12.1 Å². The Kier molecular flexibility index (Phi) is 4.60. The van der Waals surface area contributed by atoms with Crippen molar-refractivity contribution in [3.8, 4) is 0 Å². The van der Waals surface area contributed by atoms with Crippen molar-refractivity contribution in [1.82, 2.24) is 4.98 Å². The Bertz CT molecular complexity index is 1250. The number of hydrogen-bond donors (Lipinski definition) is 1. The molecule has 0 spiro atoms. The van der Waals surface area contributed by atoms with Crippen molar-refractivity contribution in [2.24, 2.45) is 5.92 Å². The summed E-state index contributed by atoms with van der Waals surface area (Å²) in [6.07, 6.45) is -4.60. The second kappa shape index (κ2) is 7.10. The van der Waals surface area contributed by atoms with Crippen molar-refractivity contribution in [1.29, 1.82) is 0 Å². The molecular weight excluding hydrogens is 449 g/mol. The van der Waals surface area contributed by atoms with Gasteiger partial charge in [0.25, 0.3) is 0 Å². The smallest absolute Gasteiger partial charge is 0.307 e. The maximum atomic E-state index is 13.4. The average Bonchev–Trinajstić information content (AvgIpc) is 3.23. The molecule has 2 aliphatic heterocycles. The van der Waals surface area contributed by atoms with Gasteiger partial charge < -0.3 is 4.98 Å². The molecule has 5 rings (SSSR count). The number of hydrogen-bond acceptors (Lipinski definition) is 5. The van der Waals surface area contributed by atoms with Gasteiger partial charge in [-0.25, -0.2) is 4.90 Å². The van der Waals surface area contributed by atoms with E-state index in [1.807, 2.05) is 18.2 Å². The van der Waals surface area contributed by atoms with Crippen molar-refractivity contribution in [2.75, 3.05) is 4.90 Å². The molecule has 3 heterocycles. The summed E-state index contributed by atoms with van der Waals surface area (Å²) in [7, 11) is 0. The molecule has 1 aromatic heterocycles. The Balaban J connectivity index is 1.62. The quantitative estimate of drug-likeness (QED) is 0.578. The summed E-state index contributed by atoms with van der Waals surface area (Å²) in [5.74, 6) is -2.52. The molecule has 0 aliphatic carbocycles. The number of carbonyl (C=O) groups is 2. The number of nitrogens with one attached hydrogen (secondary N) is 1. The molecule has 158 valence electrons. The van der Waals surface area contributed by atoms with Gasteiger partial charge in [-0.05, 0) is 23.8 Å². The zero-order valence-electron chi connectivity index (χ0n) is 15.6. The Morgan fingerprint density at radius 2 is 1.68 bits per heavy atom. The second-order valence-electron chi connectivity index (χ2n) is 7.22. The predicted molar refractivity (Wildman–Crippen MR) is 110 cm³/mol. The van der Waals surface area contributed by atoms with E-state index in [4.69, 9.17) is 0 Å². The Hall–Kier alpha value is -2.85. The van der Waals surface area contributed by atoms with Gasteiger partial charge in [0, 0.05) is 10.8 Å². The molecule has 3 atom stereocenters. The van der Waals surface area contributed by atoms with Crippen molar-refractivity contribution in [3.05, 3.63) is 80.3 Å². The van der Waals surface area contributed by atoms with Crippen LogP contribution in [0.15, 0.2) is 64.4 Å². The van der Waals surface area contributed by atoms with Crippen LogP contribution in [-0.4, -0.2) is 22.0 Å². The average molecular weight is 462 g/mol. The molecule has 0 radical (unpaired) electrons. The third-order valence-electron chi connectivity index (χ3n) is 5.41. The van der Waals surface area contributed by atoms with E-state index < -0.39 is 40.6 Å². The number of carbonyl (C=O) groups excluding carboxylic acids is 2. The molecule has 0 unspecified atom stereocenters. The van der Waals surface area contributed by atoms with E-state index in [1.165, 1.54) is 12.1 Å². The van der Waals surface area contributed by atoms with Crippen LogP contribution in [0.3, 0.4) is 0 Å². The lowest BCUT2D eigenvalue weighted by atomic mass is 9.83. The number of H-pyrrole nitrogens is 1. The first-order valence-electron chi connectivity index (χ1n) is 9.25. The fourth-order valence-electron chi connectivity index (χ4n) is 4.11. The van der Waals surface area contributed by atoms with Crippen LogP contribution in [0.2, 0.25) is 0 Å². The number of nitrogens with zero attached hydrogens (tertiary/aromatic N) is 1. The van der Waals surface area contributed by atoms with Crippen LogP contribution in [0.25, 0.3) is 0 Å². The van der Waals surface area contributed by atoms with Crippen LogP contribution in [0.5, 0.6) is 0 Å². The number of anilines is 1. The first kappa shape index (κ1) is 20.1. The number of halogens is 3. The van der Waals surface area contributed by atoms with Crippen molar-refractivity contribution in [2.45, 2.75) is 22.4 Å². The van der Waals surface area contributed by atoms with Crippen LogP contribution >= 0.6 is 23.1 Å². The van der Waals surface area contributed by atoms with Gasteiger partial charge in [-0.15, -0.1) is 0 Å². The third kappa shape index (κ3) is 3.21. The number of rotatable bonds is 2. The number of thioether (sulfide) groups is 1. The second-order valence-corrected chi connectivity index (χ2v) is 9.39. The monoisotopic (exact) mass is 462 g/mol. The minimum Gasteiger partial charge on any atom is -0.307 e. The number of amides is 2. The third-order valence-corrected chi connectivity index (χ3v) is 7.82. The van der Waals surface area contributed by atoms with E-state index in [-0.39, 0.29) is 10.6 Å². The van der Waals surface area contributed by atoms with Gasteiger partial charge in [-0.1, -0.05) is 59.5 Å². The number of benzene rings is 2. The highest BCUT2D eigenvalue weighted by Gasteiger charge is 2.56. The summed E-state index contributed by atoms with van der Waals surface area (Å²) < 4.78 is 39.5. The molecule has 5 nitrogen and oxygen atoms in total. The lowest BCUT2D eigenvalue weighted by Gasteiger charge is -2.29. The van der Waals surface area contributed by atoms with Crippen LogP contribution in [-0.2, 0) is 15.8 Å². The minimum atomic E-state index is -4.60. The lowest BCUT2D eigenvalue weighted by molar-refractivity contribution is -0.137. The molecular formula is C21H13F3N2O3S2. The maximum absolute atomic E-state index is 13.4. The topological polar surface area (TPSA) is 70.2 Å². The summed E-state index contributed by atoms with van der Waals surface area (Å²) >= 11 is 2.07. The van der Waals surface area contributed by atoms with Crippen molar-refractivity contribution < 1.29 is 22.8 Å². The Morgan fingerprint density at radius 1 is 0.935 bits per heavy atom. The summed E-state index contributed by atoms with van der Waals surface area (Å²) in [6, 6.07) is 13.2. The predicted octanol–water partition coefficient (Wildman–Crippen LogP) is 4.25. The van der Waals surface area contributed by atoms with Crippen LogP contribution < -0.4 is 9.77 Å². The van der Waals surface area contributed by atoms with E-state index in [0.717, 1.165) is 45.7 Å². The van der Waals surface area contributed by atoms with E-state index in [2.05, 4.69) is 4.98 Å². The van der Waals surface area contributed by atoms with E-state index >= 15 is 0 Å². The summed E-state index contributed by atoms with van der Waals surface area (Å²) in [5, 5.41) is -0.317. The molecule has 1 N–H and O–H groups in total. The molecule has 3 aromatic rings. The molecule has 1 saturated heterocycles. The molecule has 0 saturated carbocycles. The lowest BCUT2D eigenvalue weighted by Crippen LogP contribution is -2.32. The van der Waals surface area contributed by atoms with Gasteiger partial charge >= 0.3 is 11.0 Å². The standard InChI is InChI=1S/C21H13F3N2O3S2/c22-21(23,24)11-7-4-8-12(9-11)26-18(27)14-13(10-5-2-1-3-6-10)15-17(25-20(29)31-15)30-16(14)19(26)28/h1-9,13-14,16H,(H,25,29)/t13-,14-,16+/m0/s1. The summed E-state index contributed by atoms with van der Waals surface area (Å²) in [5.41, 5.74) is -0.277. The zero-order valence-corrected chi connectivity index (χ0v) is 17.2. The number of aromatic amines is 1. The number of alkyl halides is 3. The molecule has 1 fully saturated rings. The van der Waals surface area contributed by atoms with Crippen LogP contribution in [0.4, 0.5) is 18.9 Å². The first-order chi connectivity index (χ1) is 14.8. The van der Waals surface area contributed by atoms with Gasteiger partial charge in [0.2, 0.25) is 11.8 Å². The summed E-state index contributed by atoms with van der Waals surface area (Å²) in [4.78, 5) is 42.6. The SMILES string of the molecule is O=C1[C@H]2[C@H](c3ccccc3)c3sc(=O)[nH]c3S[C@H]2C(=O)N1c1cccc(C(F)(F)F)c1. The van der Waals surface area contributed by atoms with Gasteiger partial charge in [0.1, 0.15) is 5.25 Å². The van der Waals surface area contributed by atoms with Gasteiger partial charge in [-0.3, -0.25) is 14.4 Å². The maximum Gasteiger partial charge on any atom is 0.416 e. The highest BCUT2D eigenvalue weighted by molar-refractivity contribution is 8.00. The zero-order chi connectivity index (χ0) is 21.9. The van der Waals surface area contributed by atoms with Crippen LogP contribution in [0, 0.1) is 5.92 Å². The molecule has 2 amide bonds. The molecule has 31 heavy (non-hydrogen) atoms. The van der Waals surface area contributed by atoms with Crippen LogP contribution in [0.1, 0.15) is 21.9 Å². The normalized spacial score (nSPS) is 23.1. The molecule has 10 heteroatoms. The highest BCUT2D eigenvalue weighted by Crippen LogP contribution is 2.53. The Labute approximate surface area is 181 Å². The number of imide groups is 1. The van der Waals surface area contributed by atoms with Crippen molar-refractivity contribution >= 4 is 40.6 Å².